The molecule has 148 valence electrons. The second-order valence-electron chi connectivity index (χ2n) is 7.05. The summed E-state index contributed by atoms with van der Waals surface area (Å²) >= 11 is 6.50. The number of benzene rings is 2. The van der Waals surface area contributed by atoms with E-state index < -0.39 is 0 Å². The van der Waals surface area contributed by atoms with Crippen LogP contribution < -0.4 is 10.2 Å². The molecule has 0 radical (unpaired) electrons. The highest BCUT2D eigenvalue weighted by molar-refractivity contribution is 6.33. The van der Waals surface area contributed by atoms with Gasteiger partial charge in [-0.3, -0.25) is 9.59 Å². The van der Waals surface area contributed by atoms with Gasteiger partial charge in [0.15, 0.2) is 0 Å². The lowest BCUT2D eigenvalue weighted by Gasteiger charge is -2.36. The zero-order valence-corrected chi connectivity index (χ0v) is 17.1. The molecule has 0 bridgehead atoms. The molecule has 0 spiro atoms. The first-order chi connectivity index (χ1) is 13.5. The number of carbonyl (C=O) groups excluding carboxylic acids is 2. The van der Waals surface area contributed by atoms with Crippen molar-refractivity contribution in [2.45, 2.75) is 26.7 Å². The highest BCUT2D eigenvalue weighted by Gasteiger charge is 2.22. The quantitative estimate of drug-likeness (QED) is 0.813. The van der Waals surface area contributed by atoms with E-state index in [0.717, 1.165) is 30.8 Å². The van der Waals surface area contributed by atoms with Crippen molar-refractivity contribution in [3.63, 3.8) is 0 Å². The van der Waals surface area contributed by atoms with Gasteiger partial charge in [-0.05, 0) is 43.2 Å². The Bertz CT molecular complexity index is 861. The molecule has 2 aromatic rings. The maximum Gasteiger partial charge on any atom is 0.255 e. The van der Waals surface area contributed by atoms with Gasteiger partial charge in [-0.15, -0.1) is 0 Å². The van der Waals surface area contributed by atoms with Gasteiger partial charge in [-0.2, -0.15) is 0 Å². The van der Waals surface area contributed by atoms with E-state index in [1.807, 2.05) is 49.1 Å². The van der Waals surface area contributed by atoms with Crippen molar-refractivity contribution in [2.75, 3.05) is 36.4 Å². The fourth-order valence-corrected chi connectivity index (χ4v) is 3.74. The van der Waals surface area contributed by atoms with Crippen molar-refractivity contribution in [3.05, 3.63) is 58.6 Å². The average molecular weight is 400 g/mol. The van der Waals surface area contributed by atoms with Crippen LogP contribution in [0.3, 0.4) is 0 Å². The normalized spacial score (nSPS) is 14.1. The van der Waals surface area contributed by atoms with Gasteiger partial charge < -0.3 is 15.1 Å². The van der Waals surface area contributed by atoms with Gasteiger partial charge in [0.2, 0.25) is 5.91 Å². The number of halogens is 1. The minimum Gasteiger partial charge on any atom is -0.367 e. The molecule has 0 unspecified atom stereocenters. The molecule has 28 heavy (non-hydrogen) atoms. The molecular formula is C22H26ClN3O2. The summed E-state index contributed by atoms with van der Waals surface area (Å²) in [5, 5.41) is 3.50. The number of nitrogens with one attached hydrogen (secondary N) is 1. The lowest BCUT2D eigenvalue weighted by molar-refractivity contribution is -0.131. The monoisotopic (exact) mass is 399 g/mol. The predicted molar refractivity (Wildman–Crippen MR) is 114 cm³/mol. The molecule has 0 aliphatic carbocycles. The number of amides is 2. The summed E-state index contributed by atoms with van der Waals surface area (Å²) in [7, 11) is 0. The van der Waals surface area contributed by atoms with Gasteiger partial charge in [0.25, 0.3) is 5.91 Å². The fraction of sp³-hybridized carbons (Fsp3) is 0.364. The minimum atomic E-state index is -0.148. The lowest BCUT2D eigenvalue weighted by Crippen LogP contribution is -2.48. The number of anilines is 2. The molecule has 1 aliphatic heterocycles. The Balaban J connectivity index is 1.64. The third-order valence-corrected chi connectivity index (χ3v) is 5.33. The zero-order chi connectivity index (χ0) is 20.1. The Morgan fingerprint density at radius 2 is 1.79 bits per heavy atom. The van der Waals surface area contributed by atoms with Crippen molar-refractivity contribution >= 4 is 34.8 Å². The van der Waals surface area contributed by atoms with Crippen LogP contribution in [-0.4, -0.2) is 42.9 Å². The van der Waals surface area contributed by atoms with Gasteiger partial charge in [-0.25, -0.2) is 0 Å². The van der Waals surface area contributed by atoms with Crippen molar-refractivity contribution in [2.24, 2.45) is 0 Å². The average Bonchev–Trinajstić information content (AvgIpc) is 2.69. The van der Waals surface area contributed by atoms with Crippen LogP contribution in [0.1, 0.15) is 35.7 Å². The van der Waals surface area contributed by atoms with E-state index >= 15 is 0 Å². The molecule has 1 heterocycles. The summed E-state index contributed by atoms with van der Waals surface area (Å²) in [4.78, 5) is 28.6. The number of carbonyl (C=O) groups is 2. The van der Waals surface area contributed by atoms with E-state index in [2.05, 4.69) is 10.2 Å². The van der Waals surface area contributed by atoms with Crippen LogP contribution in [0.5, 0.6) is 0 Å². The van der Waals surface area contributed by atoms with Crippen molar-refractivity contribution < 1.29 is 9.59 Å². The third-order valence-electron chi connectivity index (χ3n) is 5.03. The first-order valence-corrected chi connectivity index (χ1v) is 10.1. The number of hydrogen-bond acceptors (Lipinski definition) is 3. The van der Waals surface area contributed by atoms with Gasteiger partial charge in [0.05, 0.1) is 10.7 Å². The van der Waals surface area contributed by atoms with Crippen LogP contribution in [0.15, 0.2) is 42.5 Å². The van der Waals surface area contributed by atoms with Crippen LogP contribution in [0, 0.1) is 6.92 Å². The first-order valence-electron chi connectivity index (χ1n) is 9.69. The Morgan fingerprint density at radius 1 is 1.07 bits per heavy atom. The SMILES string of the molecule is CCCC(=O)N1CCN(c2ccc(NC(=O)c3ccccc3C)cc2Cl)CC1. The van der Waals surface area contributed by atoms with E-state index in [9.17, 15) is 9.59 Å². The van der Waals surface area contributed by atoms with E-state index in [0.29, 0.717) is 35.8 Å². The van der Waals surface area contributed by atoms with Crippen LogP contribution in [0.4, 0.5) is 11.4 Å². The second kappa shape index (κ2) is 9.11. The van der Waals surface area contributed by atoms with E-state index in [1.54, 1.807) is 12.1 Å². The predicted octanol–water partition coefficient (Wildman–Crippen LogP) is 4.35. The van der Waals surface area contributed by atoms with Crippen LogP contribution >= 0.6 is 11.6 Å². The molecule has 1 N–H and O–H groups in total. The molecule has 3 rings (SSSR count). The number of aryl methyl sites for hydroxylation is 1. The van der Waals surface area contributed by atoms with E-state index in [4.69, 9.17) is 11.6 Å². The van der Waals surface area contributed by atoms with Crippen molar-refractivity contribution in [1.29, 1.82) is 0 Å². The fourth-order valence-electron chi connectivity index (χ4n) is 3.44. The molecule has 0 atom stereocenters. The van der Waals surface area contributed by atoms with Crippen molar-refractivity contribution in [3.8, 4) is 0 Å². The molecule has 0 saturated carbocycles. The number of hydrogen-bond donors (Lipinski definition) is 1. The largest absolute Gasteiger partial charge is 0.367 e. The number of nitrogens with zero attached hydrogens (tertiary/aromatic N) is 2. The molecule has 6 heteroatoms. The number of rotatable bonds is 5. The smallest absolute Gasteiger partial charge is 0.255 e. The first kappa shape index (κ1) is 20.2. The Hall–Kier alpha value is -2.53. The molecule has 1 fully saturated rings. The maximum absolute atomic E-state index is 12.5. The Kier molecular flexibility index (Phi) is 6.57. The Morgan fingerprint density at radius 3 is 2.43 bits per heavy atom. The molecular weight excluding hydrogens is 374 g/mol. The van der Waals surface area contributed by atoms with Gasteiger partial charge >= 0.3 is 0 Å². The highest BCUT2D eigenvalue weighted by atomic mass is 35.5. The zero-order valence-electron chi connectivity index (χ0n) is 16.4. The molecule has 2 aromatic carbocycles. The van der Waals surface area contributed by atoms with Gasteiger partial charge in [-0.1, -0.05) is 36.7 Å². The van der Waals surface area contributed by atoms with Crippen LogP contribution in [-0.2, 0) is 4.79 Å². The molecule has 0 aromatic heterocycles. The summed E-state index contributed by atoms with van der Waals surface area (Å²) < 4.78 is 0. The highest BCUT2D eigenvalue weighted by Crippen LogP contribution is 2.30. The Labute approximate surface area is 171 Å². The molecule has 5 nitrogen and oxygen atoms in total. The second-order valence-corrected chi connectivity index (χ2v) is 7.46. The van der Waals surface area contributed by atoms with Crippen molar-refractivity contribution in [1.82, 2.24) is 4.90 Å². The summed E-state index contributed by atoms with van der Waals surface area (Å²) in [5.74, 6) is 0.0764. The van der Waals surface area contributed by atoms with Crippen LogP contribution in [0.2, 0.25) is 5.02 Å². The topological polar surface area (TPSA) is 52.7 Å². The standard InChI is InChI=1S/C22H26ClN3O2/c1-3-6-21(27)26-13-11-25(12-14-26)20-10-9-17(15-19(20)23)24-22(28)18-8-5-4-7-16(18)2/h4-5,7-10,15H,3,6,11-14H2,1-2H3,(H,24,28). The maximum atomic E-state index is 12.5. The lowest BCUT2D eigenvalue weighted by atomic mass is 10.1. The summed E-state index contributed by atoms with van der Waals surface area (Å²) in [6, 6.07) is 13.1. The molecule has 1 saturated heterocycles. The molecule has 2 amide bonds. The minimum absolute atomic E-state index is 0.148. The van der Waals surface area contributed by atoms with E-state index in [-0.39, 0.29) is 11.8 Å². The summed E-state index contributed by atoms with van der Waals surface area (Å²) in [6.45, 7) is 6.86. The van der Waals surface area contributed by atoms with Gasteiger partial charge in [0, 0.05) is 43.9 Å². The summed E-state index contributed by atoms with van der Waals surface area (Å²) in [6.07, 6.45) is 1.48. The van der Waals surface area contributed by atoms with Crippen LogP contribution in [0.25, 0.3) is 0 Å². The third kappa shape index (κ3) is 4.65. The molecule has 1 aliphatic rings. The van der Waals surface area contributed by atoms with Gasteiger partial charge in [0.1, 0.15) is 0 Å². The summed E-state index contributed by atoms with van der Waals surface area (Å²) in [5.41, 5.74) is 3.17. The number of piperazine rings is 1. The van der Waals surface area contributed by atoms with E-state index in [1.165, 1.54) is 0 Å².